The Morgan fingerprint density at radius 1 is 1.03 bits per heavy atom. The number of amides is 2. The number of halogens is 4. The molecule has 3 rings (SSSR count). The quantitative estimate of drug-likeness (QED) is 0.413. The molecule has 1 heterocycles. The van der Waals surface area contributed by atoms with E-state index in [9.17, 15) is 22.8 Å². The zero-order valence-electron chi connectivity index (χ0n) is 16.1. The average molecular weight is 465 g/mol. The Labute approximate surface area is 185 Å². The maximum atomic E-state index is 13.4. The first-order valence-electron chi connectivity index (χ1n) is 8.96. The van der Waals surface area contributed by atoms with Gasteiger partial charge >= 0.3 is 6.18 Å². The van der Waals surface area contributed by atoms with Crippen molar-refractivity contribution in [1.29, 1.82) is 0 Å². The van der Waals surface area contributed by atoms with Gasteiger partial charge in [-0.15, -0.1) is 11.3 Å². The molecule has 9 heteroatoms. The largest absolute Gasteiger partial charge is 0.418 e. The van der Waals surface area contributed by atoms with Gasteiger partial charge in [-0.2, -0.15) is 13.2 Å². The molecule has 0 aliphatic carbocycles. The fraction of sp³-hybridized carbons (Fsp3) is 0.0909. The van der Waals surface area contributed by atoms with E-state index in [-0.39, 0.29) is 5.69 Å². The van der Waals surface area contributed by atoms with Gasteiger partial charge in [0, 0.05) is 39.0 Å². The summed E-state index contributed by atoms with van der Waals surface area (Å²) in [4.78, 5) is 24.9. The smallest absolute Gasteiger partial charge is 0.326 e. The lowest BCUT2D eigenvalue weighted by molar-refractivity contribution is -0.137. The number of nitrogens with one attached hydrogen (secondary N) is 2. The third-order valence-electron chi connectivity index (χ3n) is 4.07. The number of alkyl halides is 3. The van der Waals surface area contributed by atoms with Gasteiger partial charge in [-0.1, -0.05) is 29.8 Å². The van der Waals surface area contributed by atoms with Crippen LogP contribution in [-0.4, -0.2) is 11.8 Å². The van der Waals surface area contributed by atoms with Gasteiger partial charge in [0.05, 0.1) is 11.3 Å². The van der Waals surface area contributed by atoms with Crippen molar-refractivity contribution in [2.24, 2.45) is 0 Å². The van der Waals surface area contributed by atoms with Crippen LogP contribution in [0.5, 0.6) is 0 Å². The Kier molecular flexibility index (Phi) is 6.82. The molecule has 2 amide bonds. The predicted molar refractivity (Wildman–Crippen MR) is 118 cm³/mol. The third-order valence-corrected chi connectivity index (χ3v) is 5.48. The Morgan fingerprint density at radius 2 is 1.77 bits per heavy atom. The molecule has 0 bridgehead atoms. The van der Waals surface area contributed by atoms with Crippen molar-refractivity contribution in [2.75, 3.05) is 10.6 Å². The van der Waals surface area contributed by atoms with Gasteiger partial charge in [0.1, 0.15) is 0 Å². The lowest BCUT2D eigenvalue weighted by Crippen LogP contribution is -2.16. The summed E-state index contributed by atoms with van der Waals surface area (Å²) in [6.07, 6.45) is -2.04. The maximum Gasteiger partial charge on any atom is 0.418 e. The topological polar surface area (TPSA) is 58.2 Å². The molecule has 3 aromatic rings. The van der Waals surface area contributed by atoms with Crippen LogP contribution in [0, 0.1) is 0 Å². The molecule has 0 saturated heterocycles. The van der Waals surface area contributed by atoms with Crippen LogP contribution in [0.25, 0.3) is 16.5 Å². The van der Waals surface area contributed by atoms with Gasteiger partial charge in [-0.05, 0) is 42.5 Å². The second kappa shape index (κ2) is 9.36. The molecule has 0 fully saturated rings. The summed E-state index contributed by atoms with van der Waals surface area (Å²) < 4.78 is 40.1. The summed E-state index contributed by atoms with van der Waals surface area (Å²) in [5, 5.41) is 5.13. The zero-order valence-corrected chi connectivity index (χ0v) is 17.7. The van der Waals surface area contributed by atoms with Crippen molar-refractivity contribution in [1.82, 2.24) is 0 Å². The van der Waals surface area contributed by atoms with E-state index < -0.39 is 29.2 Å². The lowest BCUT2D eigenvalue weighted by Gasteiger charge is -2.15. The van der Waals surface area contributed by atoms with E-state index >= 15 is 0 Å². The number of thiophene rings is 1. The second-order valence-corrected chi connectivity index (χ2v) is 7.97. The zero-order chi connectivity index (χ0) is 22.6. The van der Waals surface area contributed by atoms with E-state index in [1.54, 1.807) is 12.1 Å². The van der Waals surface area contributed by atoms with Crippen LogP contribution in [0.1, 0.15) is 17.4 Å². The molecule has 0 unspecified atom stereocenters. The monoisotopic (exact) mass is 464 g/mol. The Bertz CT molecular complexity index is 1160. The summed E-state index contributed by atoms with van der Waals surface area (Å²) in [6.45, 7) is 1.19. The molecule has 31 heavy (non-hydrogen) atoms. The first-order chi connectivity index (χ1) is 14.6. The molecule has 2 aromatic carbocycles. The van der Waals surface area contributed by atoms with Gasteiger partial charge in [-0.3, -0.25) is 9.59 Å². The lowest BCUT2D eigenvalue weighted by atomic mass is 10.1. The number of carbonyl (C=O) groups is 2. The number of carbonyl (C=O) groups excluding carboxylic acids is 2. The fourth-order valence-corrected chi connectivity index (χ4v) is 3.99. The van der Waals surface area contributed by atoms with E-state index in [0.717, 1.165) is 33.5 Å². The highest BCUT2D eigenvalue weighted by Gasteiger charge is 2.34. The standard InChI is InChI=1S/C22H16ClF3N2O2S/c1-13(29)27-14-6-9-19(17(12-14)22(24,25)26)28-21(30)11-8-15-7-10-20(31-15)16-4-2-3-5-18(16)23/h2-12H,1H3,(H,27,29)(H,28,30)/b11-8+. The van der Waals surface area contributed by atoms with Gasteiger partial charge in [-0.25, -0.2) is 0 Å². The Hall–Kier alpha value is -3.10. The SMILES string of the molecule is CC(=O)Nc1ccc(NC(=O)/C=C/c2ccc(-c3ccccc3Cl)s2)c(C(F)(F)F)c1. The minimum Gasteiger partial charge on any atom is -0.326 e. The highest BCUT2D eigenvalue weighted by Crippen LogP contribution is 2.37. The summed E-state index contributed by atoms with van der Waals surface area (Å²) in [7, 11) is 0. The van der Waals surface area contributed by atoms with Crippen LogP contribution in [0.4, 0.5) is 24.5 Å². The van der Waals surface area contributed by atoms with Crippen molar-refractivity contribution >= 4 is 52.2 Å². The number of hydrogen-bond acceptors (Lipinski definition) is 3. The van der Waals surface area contributed by atoms with Crippen molar-refractivity contribution in [3.05, 3.63) is 76.1 Å². The van der Waals surface area contributed by atoms with Crippen molar-refractivity contribution < 1.29 is 22.8 Å². The van der Waals surface area contributed by atoms with Crippen LogP contribution < -0.4 is 10.6 Å². The molecule has 4 nitrogen and oxygen atoms in total. The van der Waals surface area contributed by atoms with Crippen LogP contribution in [0.3, 0.4) is 0 Å². The molecule has 0 radical (unpaired) electrons. The molecule has 1 aromatic heterocycles. The Balaban J connectivity index is 1.76. The highest BCUT2D eigenvalue weighted by molar-refractivity contribution is 7.16. The number of rotatable bonds is 5. The first-order valence-corrected chi connectivity index (χ1v) is 10.2. The van der Waals surface area contributed by atoms with Crippen LogP contribution in [0.15, 0.2) is 60.7 Å². The summed E-state index contributed by atoms with van der Waals surface area (Å²) >= 11 is 7.58. The molecule has 0 aliphatic heterocycles. The summed E-state index contributed by atoms with van der Waals surface area (Å²) in [6, 6.07) is 14.1. The van der Waals surface area contributed by atoms with Crippen LogP contribution in [0.2, 0.25) is 5.02 Å². The van der Waals surface area contributed by atoms with Crippen LogP contribution >= 0.6 is 22.9 Å². The molecular formula is C22H16ClF3N2O2S. The molecule has 0 aliphatic rings. The molecular weight excluding hydrogens is 449 g/mol. The van der Waals surface area contributed by atoms with E-state index in [4.69, 9.17) is 11.6 Å². The minimum atomic E-state index is -4.71. The van der Waals surface area contributed by atoms with Gasteiger partial charge < -0.3 is 10.6 Å². The molecule has 160 valence electrons. The van der Waals surface area contributed by atoms with Crippen LogP contribution in [-0.2, 0) is 15.8 Å². The molecule has 0 spiro atoms. The third kappa shape index (κ3) is 5.96. The van der Waals surface area contributed by atoms with Gasteiger partial charge in [0.15, 0.2) is 0 Å². The molecule has 0 saturated carbocycles. The number of hydrogen-bond donors (Lipinski definition) is 2. The van der Waals surface area contributed by atoms with E-state index in [1.807, 2.05) is 24.3 Å². The second-order valence-electron chi connectivity index (χ2n) is 6.44. The fourth-order valence-electron chi connectivity index (χ4n) is 2.75. The number of benzene rings is 2. The van der Waals surface area contributed by atoms with Gasteiger partial charge in [0.25, 0.3) is 0 Å². The van der Waals surface area contributed by atoms with Crippen molar-refractivity contribution in [3.8, 4) is 10.4 Å². The normalized spacial score (nSPS) is 11.5. The van der Waals surface area contributed by atoms with Crippen molar-refractivity contribution in [2.45, 2.75) is 13.1 Å². The van der Waals surface area contributed by atoms with Gasteiger partial charge in [0.2, 0.25) is 11.8 Å². The summed E-state index contributed by atoms with van der Waals surface area (Å²) in [5.41, 5.74) is -0.622. The first kappa shape index (κ1) is 22.6. The highest BCUT2D eigenvalue weighted by atomic mass is 35.5. The molecule has 0 atom stereocenters. The van der Waals surface area contributed by atoms with E-state index in [1.165, 1.54) is 30.4 Å². The maximum absolute atomic E-state index is 13.4. The van der Waals surface area contributed by atoms with E-state index in [2.05, 4.69) is 10.6 Å². The van der Waals surface area contributed by atoms with Crippen molar-refractivity contribution in [3.63, 3.8) is 0 Å². The average Bonchev–Trinajstić information content (AvgIpc) is 3.15. The summed E-state index contributed by atoms with van der Waals surface area (Å²) in [5.74, 6) is -1.22. The number of anilines is 2. The minimum absolute atomic E-state index is 0.0148. The van der Waals surface area contributed by atoms with E-state index in [0.29, 0.717) is 5.02 Å². The molecule has 2 N–H and O–H groups in total. The Morgan fingerprint density at radius 3 is 2.45 bits per heavy atom. The predicted octanol–water partition coefficient (Wildman–Crippen LogP) is 6.70.